The third-order valence-electron chi connectivity index (χ3n) is 2.38. The Hall–Kier alpha value is -2.27. The Morgan fingerprint density at radius 1 is 1.21 bits per heavy atom. The van der Waals surface area contributed by atoms with Crippen molar-refractivity contribution < 1.29 is 19.4 Å². The molecule has 0 fully saturated rings. The van der Waals surface area contributed by atoms with Crippen LogP contribution in [0.5, 0.6) is 11.5 Å². The molecule has 0 aromatic heterocycles. The summed E-state index contributed by atoms with van der Waals surface area (Å²) in [5, 5.41) is 21.3. The van der Waals surface area contributed by atoms with Crippen molar-refractivity contribution in [3.05, 3.63) is 52.8 Å². The van der Waals surface area contributed by atoms with E-state index in [0.29, 0.717) is 0 Å². The summed E-state index contributed by atoms with van der Waals surface area (Å²) in [5.41, 5.74) is 0.0260. The van der Waals surface area contributed by atoms with Crippen molar-refractivity contribution in [2.75, 3.05) is 5.32 Å². The maximum Gasteiger partial charge on any atom is 0.259 e. The van der Waals surface area contributed by atoms with Crippen LogP contribution in [-0.4, -0.2) is 16.1 Å². The molecule has 6 heteroatoms. The van der Waals surface area contributed by atoms with Gasteiger partial charge in [0.15, 0.2) is 11.5 Å². The molecular weight excluding hydrogens is 273 g/mol. The first-order valence-electron chi connectivity index (χ1n) is 5.26. The number of aromatic hydroxyl groups is 2. The predicted molar refractivity (Wildman–Crippen MR) is 69.1 cm³/mol. The Balaban J connectivity index is 2.28. The Bertz CT molecular complexity index is 626. The first-order chi connectivity index (χ1) is 8.97. The standard InChI is InChI=1S/C13H9ClFNO3/c14-7-4-8(15)6-9(5-7)16-13(19)10-2-1-3-11(17)12(10)18/h1-6,17-18H,(H,16,19). The normalized spacial score (nSPS) is 10.2. The van der Waals surface area contributed by atoms with Crippen LogP contribution >= 0.6 is 11.6 Å². The number of halogens is 2. The van der Waals surface area contributed by atoms with Gasteiger partial charge in [-0.2, -0.15) is 0 Å². The number of benzene rings is 2. The van der Waals surface area contributed by atoms with E-state index in [9.17, 15) is 19.4 Å². The van der Waals surface area contributed by atoms with E-state index in [0.717, 1.165) is 12.1 Å². The number of anilines is 1. The lowest BCUT2D eigenvalue weighted by Gasteiger charge is -2.08. The Labute approximate surface area is 113 Å². The summed E-state index contributed by atoms with van der Waals surface area (Å²) in [7, 11) is 0. The van der Waals surface area contributed by atoms with E-state index in [4.69, 9.17) is 11.6 Å². The van der Waals surface area contributed by atoms with E-state index in [1.54, 1.807) is 0 Å². The molecule has 0 atom stereocenters. The number of para-hydroxylation sites is 1. The highest BCUT2D eigenvalue weighted by atomic mass is 35.5. The summed E-state index contributed by atoms with van der Waals surface area (Å²) in [4.78, 5) is 11.9. The molecule has 0 unspecified atom stereocenters. The molecule has 3 N–H and O–H groups in total. The SMILES string of the molecule is O=C(Nc1cc(F)cc(Cl)c1)c1cccc(O)c1O. The molecular formula is C13H9ClFNO3. The van der Waals surface area contributed by atoms with Gasteiger partial charge in [0.05, 0.1) is 5.56 Å². The molecule has 4 nitrogen and oxygen atoms in total. The number of rotatable bonds is 2. The number of hydrogen-bond acceptors (Lipinski definition) is 3. The van der Waals surface area contributed by atoms with Crippen molar-refractivity contribution >= 4 is 23.2 Å². The van der Waals surface area contributed by atoms with Crippen molar-refractivity contribution in [3.63, 3.8) is 0 Å². The van der Waals surface area contributed by atoms with Crippen LogP contribution in [0.15, 0.2) is 36.4 Å². The maximum atomic E-state index is 13.1. The zero-order chi connectivity index (χ0) is 14.0. The molecule has 0 aliphatic heterocycles. The second-order valence-corrected chi connectivity index (χ2v) is 4.22. The van der Waals surface area contributed by atoms with Gasteiger partial charge in [-0.3, -0.25) is 4.79 Å². The van der Waals surface area contributed by atoms with Crippen LogP contribution in [0.2, 0.25) is 5.02 Å². The van der Waals surface area contributed by atoms with E-state index < -0.39 is 23.2 Å². The Kier molecular flexibility index (Phi) is 3.57. The lowest BCUT2D eigenvalue weighted by Crippen LogP contribution is -2.12. The quantitative estimate of drug-likeness (QED) is 0.741. The number of hydrogen-bond donors (Lipinski definition) is 3. The smallest absolute Gasteiger partial charge is 0.259 e. The molecule has 0 aliphatic carbocycles. The van der Waals surface area contributed by atoms with Crippen molar-refractivity contribution in [2.45, 2.75) is 0 Å². The van der Waals surface area contributed by atoms with Crippen molar-refractivity contribution in [2.24, 2.45) is 0 Å². The van der Waals surface area contributed by atoms with Crippen LogP contribution in [0.1, 0.15) is 10.4 Å². The average molecular weight is 282 g/mol. The fourth-order valence-corrected chi connectivity index (χ4v) is 1.76. The summed E-state index contributed by atoms with van der Waals surface area (Å²) in [6.07, 6.45) is 0. The van der Waals surface area contributed by atoms with Crippen molar-refractivity contribution in [3.8, 4) is 11.5 Å². The van der Waals surface area contributed by atoms with Crippen molar-refractivity contribution in [1.29, 1.82) is 0 Å². The average Bonchev–Trinajstić information content (AvgIpc) is 2.31. The minimum Gasteiger partial charge on any atom is -0.504 e. The fraction of sp³-hybridized carbons (Fsp3) is 0. The Morgan fingerprint density at radius 2 is 1.95 bits per heavy atom. The third-order valence-corrected chi connectivity index (χ3v) is 2.60. The molecule has 98 valence electrons. The van der Waals surface area contributed by atoms with E-state index in [-0.39, 0.29) is 16.3 Å². The lowest BCUT2D eigenvalue weighted by atomic mass is 10.1. The first-order valence-corrected chi connectivity index (χ1v) is 5.63. The summed E-state index contributed by atoms with van der Waals surface area (Å²) in [6.45, 7) is 0. The van der Waals surface area contributed by atoms with Crippen molar-refractivity contribution in [1.82, 2.24) is 0 Å². The molecule has 0 saturated heterocycles. The van der Waals surface area contributed by atoms with Gasteiger partial charge in [-0.25, -0.2) is 4.39 Å². The predicted octanol–water partition coefficient (Wildman–Crippen LogP) is 3.14. The largest absolute Gasteiger partial charge is 0.504 e. The molecule has 0 aliphatic rings. The second-order valence-electron chi connectivity index (χ2n) is 3.79. The maximum absolute atomic E-state index is 13.1. The van der Waals surface area contributed by atoms with Crippen LogP contribution in [0.4, 0.5) is 10.1 Å². The molecule has 2 rings (SSSR count). The second kappa shape index (κ2) is 5.16. The van der Waals surface area contributed by atoms with Gasteiger partial charge in [-0.05, 0) is 30.3 Å². The van der Waals surface area contributed by atoms with Crippen LogP contribution in [0.25, 0.3) is 0 Å². The number of nitrogens with one attached hydrogen (secondary N) is 1. The van der Waals surface area contributed by atoms with Gasteiger partial charge in [0.25, 0.3) is 5.91 Å². The number of phenolic OH excluding ortho intramolecular Hbond substituents is 2. The summed E-state index contributed by atoms with van der Waals surface area (Å²) in [5.74, 6) is -2.23. The minimum atomic E-state index is -0.685. The lowest BCUT2D eigenvalue weighted by molar-refractivity contribution is 0.102. The monoisotopic (exact) mass is 281 g/mol. The van der Waals surface area contributed by atoms with E-state index in [2.05, 4.69) is 5.32 Å². The molecule has 2 aromatic carbocycles. The molecule has 0 heterocycles. The highest BCUT2D eigenvalue weighted by Crippen LogP contribution is 2.29. The highest BCUT2D eigenvalue weighted by Gasteiger charge is 2.14. The molecule has 0 spiro atoms. The molecule has 2 aromatic rings. The van der Waals surface area contributed by atoms with Crippen LogP contribution in [0, 0.1) is 5.82 Å². The summed E-state index contributed by atoms with van der Waals surface area (Å²) >= 11 is 5.66. The van der Waals surface area contributed by atoms with Crippen LogP contribution < -0.4 is 5.32 Å². The van der Waals surface area contributed by atoms with Gasteiger partial charge >= 0.3 is 0 Å². The zero-order valence-electron chi connectivity index (χ0n) is 9.52. The molecule has 0 bridgehead atoms. The van der Waals surface area contributed by atoms with Gasteiger partial charge in [-0.15, -0.1) is 0 Å². The molecule has 1 amide bonds. The Morgan fingerprint density at radius 3 is 2.63 bits per heavy atom. The molecule has 0 saturated carbocycles. The fourth-order valence-electron chi connectivity index (χ4n) is 1.54. The van der Waals surface area contributed by atoms with E-state index >= 15 is 0 Å². The number of carbonyl (C=O) groups excluding carboxylic acids is 1. The summed E-state index contributed by atoms with van der Waals surface area (Å²) in [6, 6.07) is 7.52. The third kappa shape index (κ3) is 2.95. The van der Waals surface area contributed by atoms with Gasteiger partial charge in [0, 0.05) is 10.7 Å². The number of phenols is 2. The van der Waals surface area contributed by atoms with E-state index in [1.165, 1.54) is 24.3 Å². The summed E-state index contributed by atoms with van der Waals surface area (Å²) < 4.78 is 13.1. The van der Waals surface area contributed by atoms with Gasteiger partial charge in [-0.1, -0.05) is 17.7 Å². The molecule has 0 radical (unpaired) electrons. The highest BCUT2D eigenvalue weighted by molar-refractivity contribution is 6.31. The topological polar surface area (TPSA) is 69.6 Å². The van der Waals surface area contributed by atoms with Gasteiger partial charge in [0.2, 0.25) is 0 Å². The first kappa shape index (κ1) is 13.2. The van der Waals surface area contributed by atoms with Gasteiger partial charge in [0.1, 0.15) is 5.82 Å². The van der Waals surface area contributed by atoms with Crippen LogP contribution in [-0.2, 0) is 0 Å². The molecule has 19 heavy (non-hydrogen) atoms. The van der Waals surface area contributed by atoms with Crippen LogP contribution in [0.3, 0.4) is 0 Å². The van der Waals surface area contributed by atoms with E-state index in [1.807, 2.05) is 0 Å². The number of carbonyl (C=O) groups is 1. The number of amides is 1. The minimum absolute atomic E-state index is 0.125. The zero-order valence-corrected chi connectivity index (χ0v) is 10.3. The van der Waals surface area contributed by atoms with Gasteiger partial charge < -0.3 is 15.5 Å².